The minimum absolute atomic E-state index is 0.0813. The van der Waals surface area contributed by atoms with Crippen molar-refractivity contribution >= 4 is 46.3 Å². The third-order valence-electron chi connectivity index (χ3n) is 4.80. The van der Waals surface area contributed by atoms with Gasteiger partial charge in [-0.3, -0.25) is 19.9 Å². The van der Waals surface area contributed by atoms with Gasteiger partial charge in [-0.05, 0) is 53.4 Å². The number of hydrogen-bond acceptors (Lipinski definition) is 7. The number of methoxy groups -OCH3 is 1. The molecule has 4 rings (SSSR count). The van der Waals surface area contributed by atoms with Crippen LogP contribution in [0.15, 0.2) is 64.6 Å². The maximum absolute atomic E-state index is 12.4. The molecule has 0 saturated heterocycles. The zero-order chi connectivity index (χ0) is 24.1. The highest BCUT2D eigenvalue weighted by Crippen LogP contribution is 2.31. The number of rotatable bonds is 8. The first-order valence-corrected chi connectivity index (χ1v) is 11.2. The van der Waals surface area contributed by atoms with Gasteiger partial charge in [0.1, 0.15) is 24.8 Å². The van der Waals surface area contributed by atoms with Gasteiger partial charge in [0.25, 0.3) is 5.91 Å². The number of ether oxygens (including phenoxy) is 3. The average Bonchev–Trinajstić information content (AvgIpc) is 3.29. The van der Waals surface area contributed by atoms with Crippen LogP contribution in [0.4, 0.5) is 5.69 Å². The zero-order valence-electron chi connectivity index (χ0n) is 18.5. The van der Waals surface area contributed by atoms with Gasteiger partial charge in [-0.15, -0.1) is 0 Å². The van der Waals surface area contributed by atoms with Crippen molar-refractivity contribution in [2.75, 3.05) is 25.6 Å². The summed E-state index contributed by atoms with van der Waals surface area (Å²) in [6.45, 7) is 2.04. The molecule has 2 aromatic rings. The summed E-state index contributed by atoms with van der Waals surface area (Å²) in [5.74, 6) is 1.17. The Bertz CT molecular complexity index is 1220. The van der Waals surface area contributed by atoms with E-state index in [0.29, 0.717) is 40.3 Å². The van der Waals surface area contributed by atoms with Crippen LogP contribution in [-0.4, -0.2) is 48.0 Å². The van der Waals surface area contributed by atoms with E-state index in [1.165, 1.54) is 25.8 Å². The van der Waals surface area contributed by atoms with Crippen molar-refractivity contribution in [1.29, 1.82) is 5.41 Å². The number of carbonyl (C=O) groups excluding carboxylic acids is 2. The third-order valence-corrected chi connectivity index (χ3v) is 5.55. The number of anilines is 1. The van der Waals surface area contributed by atoms with Gasteiger partial charge >= 0.3 is 0 Å². The molecule has 0 radical (unpaired) electrons. The molecule has 2 aliphatic heterocycles. The van der Waals surface area contributed by atoms with Crippen molar-refractivity contribution in [3.05, 3.63) is 65.2 Å². The predicted molar refractivity (Wildman–Crippen MR) is 131 cm³/mol. The van der Waals surface area contributed by atoms with Crippen LogP contribution < -0.4 is 19.5 Å². The summed E-state index contributed by atoms with van der Waals surface area (Å²) in [5, 5.41) is 13.3. The Labute approximate surface area is 200 Å². The molecule has 0 spiro atoms. The fourth-order valence-corrected chi connectivity index (χ4v) is 3.95. The van der Waals surface area contributed by atoms with E-state index in [2.05, 4.69) is 10.3 Å². The largest absolute Gasteiger partial charge is 0.493 e. The molecule has 34 heavy (non-hydrogen) atoms. The number of nitrogens with zero attached hydrogens (tertiary/aromatic N) is 2. The molecule has 174 valence electrons. The molecule has 0 aromatic heterocycles. The SMILES string of the molecule is COc1cc(/C=C2/C(=N)N3C=CSC3=NC2=O)ccc1OCCOc1ccc(NC(C)=O)cc1. The van der Waals surface area contributed by atoms with Gasteiger partial charge in [-0.25, -0.2) is 0 Å². The van der Waals surface area contributed by atoms with E-state index in [-0.39, 0.29) is 23.9 Å². The first kappa shape index (κ1) is 23.1. The summed E-state index contributed by atoms with van der Waals surface area (Å²) in [7, 11) is 1.53. The van der Waals surface area contributed by atoms with Gasteiger partial charge in [0.2, 0.25) is 5.91 Å². The molecule has 0 bridgehead atoms. The van der Waals surface area contributed by atoms with Crippen LogP contribution in [0, 0.1) is 5.41 Å². The lowest BCUT2D eigenvalue weighted by Gasteiger charge is -2.22. The van der Waals surface area contributed by atoms with Crippen molar-refractivity contribution < 1.29 is 23.8 Å². The van der Waals surface area contributed by atoms with Gasteiger partial charge < -0.3 is 19.5 Å². The van der Waals surface area contributed by atoms with Crippen LogP contribution in [0.3, 0.4) is 0 Å². The number of aliphatic imine (C=N–C) groups is 1. The molecule has 0 fully saturated rings. The average molecular weight is 479 g/mol. The van der Waals surface area contributed by atoms with E-state index >= 15 is 0 Å². The lowest BCUT2D eigenvalue weighted by atomic mass is 10.1. The maximum Gasteiger partial charge on any atom is 0.283 e. The van der Waals surface area contributed by atoms with Gasteiger partial charge in [0.15, 0.2) is 16.7 Å². The molecule has 0 saturated carbocycles. The number of nitrogens with one attached hydrogen (secondary N) is 2. The molecule has 10 heteroatoms. The van der Waals surface area contributed by atoms with Gasteiger partial charge in [-0.1, -0.05) is 17.8 Å². The number of amides is 2. The second-order valence-electron chi connectivity index (χ2n) is 7.19. The van der Waals surface area contributed by atoms with Crippen LogP contribution in [0.25, 0.3) is 6.08 Å². The molecule has 2 amide bonds. The highest BCUT2D eigenvalue weighted by atomic mass is 32.2. The minimum Gasteiger partial charge on any atom is -0.493 e. The number of thioether (sulfide) groups is 1. The molecule has 2 aromatic carbocycles. The highest BCUT2D eigenvalue weighted by Gasteiger charge is 2.31. The second kappa shape index (κ2) is 10.3. The number of amidine groups is 2. The fraction of sp³-hybridized carbons (Fsp3) is 0.167. The smallest absolute Gasteiger partial charge is 0.283 e. The Balaban J connectivity index is 1.36. The second-order valence-corrected chi connectivity index (χ2v) is 8.06. The Hall–Kier alpha value is -4.05. The summed E-state index contributed by atoms with van der Waals surface area (Å²) in [6.07, 6.45) is 3.32. The molecular weight excluding hydrogens is 456 g/mol. The molecule has 2 heterocycles. The van der Waals surface area contributed by atoms with Crippen LogP contribution in [0.2, 0.25) is 0 Å². The van der Waals surface area contributed by atoms with E-state index in [1.54, 1.807) is 65.0 Å². The summed E-state index contributed by atoms with van der Waals surface area (Å²) >= 11 is 1.31. The minimum atomic E-state index is -0.450. The van der Waals surface area contributed by atoms with Crippen molar-refractivity contribution in [3.63, 3.8) is 0 Å². The highest BCUT2D eigenvalue weighted by molar-refractivity contribution is 8.16. The first-order chi connectivity index (χ1) is 16.4. The van der Waals surface area contributed by atoms with Crippen molar-refractivity contribution in [2.24, 2.45) is 4.99 Å². The topological polar surface area (TPSA) is 113 Å². The van der Waals surface area contributed by atoms with Crippen molar-refractivity contribution in [2.45, 2.75) is 6.92 Å². The van der Waals surface area contributed by atoms with Crippen molar-refractivity contribution in [3.8, 4) is 17.2 Å². The van der Waals surface area contributed by atoms with Gasteiger partial charge in [0, 0.05) is 18.8 Å². The zero-order valence-corrected chi connectivity index (χ0v) is 19.3. The molecule has 0 atom stereocenters. The van der Waals surface area contributed by atoms with Crippen LogP contribution in [0.1, 0.15) is 12.5 Å². The maximum atomic E-state index is 12.4. The molecule has 0 unspecified atom stereocenters. The Morgan fingerprint density at radius 2 is 1.91 bits per heavy atom. The Morgan fingerprint density at radius 1 is 1.15 bits per heavy atom. The summed E-state index contributed by atoms with van der Waals surface area (Å²) in [4.78, 5) is 29.1. The number of benzene rings is 2. The lowest BCUT2D eigenvalue weighted by Crippen LogP contribution is -2.35. The number of fused-ring (bicyclic) bond motifs is 1. The van der Waals surface area contributed by atoms with E-state index < -0.39 is 5.91 Å². The standard InChI is InChI=1S/C24H22N4O5S/c1-15(29)26-17-4-6-18(7-5-17)32-10-11-33-20-8-3-16(14-21(20)31-2)13-19-22(25)28-9-12-34-24(28)27-23(19)30/h3-9,12-14,25H,10-11H2,1-2H3,(H,26,29)/b19-13-,25-22?. The number of hydrogen-bond donors (Lipinski definition) is 2. The first-order valence-electron chi connectivity index (χ1n) is 10.3. The van der Waals surface area contributed by atoms with E-state index in [9.17, 15) is 9.59 Å². The van der Waals surface area contributed by atoms with Crippen LogP contribution in [-0.2, 0) is 9.59 Å². The molecule has 2 N–H and O–H groups in total. The summed E-state index contributed by atoms with van der Waals surface area (Å²) < 4.78 is 16.9. The van der Waals surface area contributed by atoms with Gasteiger partial charge in [-0.2, -0.15) is 4.99 Å². The Kier molecular flexibility index (Phi) is 6.98. The molecule has 0 aliphatic carbocycles. The Morgan fingerprint density at radius 3 is 2.65 bits per heavy atom. The summed E-state index contributed by atoms with van der Waals surface area (Å²) in [5.41, 5.74) is 1.58. The quantitative estimate of drug-likeness (QED) is 0.437. The van der Waals surface area contributed by atoms with Crippen LogP contribution in [0.5, 0.6) is 17.2 Å². The van der Waals surface area contributed by atoms with Crippen LogP contribution >= 0.6 is 11.8 Å². The van der Waals surface area contributed by atoms with Crippen molar-refractivity contribution in [1.82, 2.24) is 4.90 Å². The van der Waals surface area contributed by atoms with E-state index in [1.807, 2.05) is 0 Å². The molecular formula is C24H22N4O5S. The summed E-state index contributed by atoms with van der Waals surface area (Å²) in [6, 6.07) is 12.3. The normalized spacial score (nSPS) is 15.8. The number of carbonyl (C=O) groups is 2. The third kappa shape index (κ3) is 5.29. The predicted octanol–water partition coefficient (Wildman–Crippen LogP) is 3.89. The lowest BCUT2D eigenvalue weighted by molar-refractivity contribution is -0.114. The van der Waals surface area contributed by atoms with E-state index in [0.717, 1.165) is 0 Å². The molecule has 2 aliphatic rings. The fourth-order valence-electron chi connectivity index (χ4n) is 3.24. The van der Waals surface area contributed by atoms with E-state index in [4.69, 9.17) is 19.6 Å². The van der Waals surface area contributed by atoms with Gasteiger partial charge in [0.05, 0.1) is 12.7 Å². The monoisotopic (exact) mass is 478 g/mol. The molecule has 9 nitrogen and oxygen atoms in total.